The van der Waals surface area contributed by atoms with Crippen molar-refractivity contribution in [2.75, 3.05) is 26.7 Å². The maximum atomic E-state index is 12.0. The average Bonchev–Trinajstić information content (AvgIpc) is 2.83. The standard InChI is InChI=1S/C14H24N4O3/c1-10-6-18(7-11(2)21-10)8-14(19)15-5-12-4-13(9-20-3)17-16-12/h4,10-11H,5-9H2,1-3H3,(H,15,19)(H,16,17)/t10-,11+. The summed E-state index contributed by atoms with van der Waals surface area (Å²) in [4.78, 5) is 14.1. The summed E-state index contributed by atoms with van der Waals surface area (Å²) < 4.78 is 10.7. The largest absolute Gasteiger partial charge is 0.378 e. The Bertz CT molecular complexity index is 453. The van der Waals surface area contributed by atoms with Gasteiger partial charge in [-0.2, -0.15) is 5.10 Å². The van der Waals surface area contributed by atoms with Gasteiger partial charge in [0.25, 0.3) is 0 Å². The van der Waals surface area contributed by atoms with E-state index in [1.54, 1.807) is 7.11 Å². The zero-order chi connectivity index (χ0) is 15.2. The van der Waals surface area contributed by atoms with Crippen LogP contribution < -0.4 is 5.32 Å². The molecule has 2 atom stereocenters. The molecule has 21 heavy (non-hydrogen) atoms. The Kier molecular flexibility index (Phi) is 5.72. The zero-order valence-corrected chi connectivity index (χ0v) is 12.9. The second-order valence-corrected chi connectivity index (χ2v) is 5.55. The predicted octanol–water partition coefficient (Wildman–Crippen LogP) is 0.282. The third-order valence-corrected chi connectivity index (χ3v) is 3.31. The maximum Gasteiger partial charge on any atom is 0.234 e. The smallest absolute Gasteiger partial charge is 0.234 e. The molecular formula is C14H24N4O3. The topological polar surface area (TPSA) is 79.5 Å². The van der Waals surface area contributed by atoms with Gasteiger partial charge in [0.15, 0.2) is 0 Å². The van der Waals surface area contributed by atoms with Gasteiger partial charge in [0.05, 0.1) is 43.3 Å². The van der Waals surface area contributed by atoms with Crippen molar-refractivity contribution >= 4 is 5.91 Å². The van der Waals surface area contributed by atoms with Crippen LogP contribution in [0.3, 0.4) is 0 Å². The van der Waals surface area contributed by atoms with E-state index < -0.39 is 0 Å². The minimum absolute atomic E-state index is 0.0131. The monoisotopic (exact) mass is 296 g/mol. The number of H-pyrrole nitrogens is 1. The number of morpholine rings is 1. The van der Waals surface area contributed by atoms with Gasteiger partial charge in [-0.15, -0.1) is 0 Å². The van der Waals surface area contributed by atoms with Crippen molar-refractivity contribution in [2.45, 2.75) is 39.2 Å². The number of carbonyl (C=O) groups is 1. The van der Waals surface area contributed by atoms with E-state index in [1.807, 2.05) is 19.9 Å². The molecule has 0 aromatic carbocycles. The summed E-state index contributed by atoms with van der Waals surface area (Å²) in [6.07, 6.45) is 0.344. The number of amides is 1. The van der Waals surface area contributed by atoms with Gasteiger partial charge >= 0.3 is 0 Å². The maximum absolute atomic E-state index is 12.0. The first-order chi connectivity index (χ1) is 10.1. The molecule has 1 aromatic rings. The normalized spacial score (nSPS) is 23.2. The predicted molar refractivity (Wildman–Crippen MR) is 77.6 cm³/mol. The highest BCUT2D eigenvalue weighted by molar-refractivity contribution is 5.77. The van der Waals surface area contributed by atoms with Crippen molar-refractivity contribution in [3.05, 3.63) is 17.5 Å². The van der Waals surface area contributed by atoms with Crippen LogP contribution in [-0.2, 0) is 27.4 Å². The molecule has 118 valence electrons. The third-order valence-electron chi connectivity index (χ3n) is 3.31. The summed E-state index contributed by atoms with van der Waals surface area (Å²) in [5.41, 5.74) is 1.71. The van der Waals surface area contributed by atoms with E-state index in [9.17, 15) is 4.79 Å². The lowest BCUT2D eigenvalue weighted by Gasteiger charge is -2.34. The highest BCUT2D eigenvalue weighted by Gasteiger charge is 2.23. The number of nitrogens with one attached hydrogen (secondary N) is 2. The molecule has 7 heteroatoms. The van der Waals surface area contributed by atoms with Crippen LogP contribution in [0.25, 0.3) is 0 Å². The van der Waals surface area contributed by atoms with Gasteiger partial charge in [-0.25, -0.2) is 0 Å². The molecule has 7 nitrogen and oxygen atoms in total. The van der Waals surface area contributed by atoms with Gasteiger partial charge in [0.2, 0.25) is 5.91 Å². The molecule has 2 rings (SSSR count). The highest BCUT2D eigenvalue weighted by atomic mass is 16.5. The van der Waals surface area contributed by atoms with Crippen LogP contribution in [0.15, 0.2) is 6.07 Å². The van der Waals surface area contributed by atoms with E-state index in [0.717, 1.165) is 24.5 Å². The Labute approximate surface area is 125 Å². The molecule has 0 spiro atoms. The molecule has 0 bridgehead atoms. The summed E-state index contributed by atoms with van der Waals surface area (Å²) in [6, 6.07) is 1.89. The van der Waals surface area contributed by atoms with Crippen molar-refractivity contribution in [3.63, 3.8) is 0 Å². The number of ether oxygens (including phenoxy) is 2. The van der Waals surface area contributed by atoms with E-state index in [4.69, 9.17) is 9.47 Å². The van der Waals surface area contributed by atoms with Crippen LogP contribution in [0.1, 0.15) is 25.2 Å². The van der Waals surface area contributed by atoms with Gasteiger partial charge in [0.1, 0.15) is 0 Å². The molecule has 2 heterocycles. The van der Waals surface area contributed by atoms with E-state index in [1.165, 1.54) is 0 Å². The van der Waals surface area contributed by atoms with Crippen molar-refractivity contribution in [1.82, 2.24) is 20.4 Å². The fraction of sp³-hybridized carbons (Fsp3) is 0.714. The van der Waals surface area contributed by atoms with Crippen molar-refractivity contribution in [1.29, 1.82) is 0 Å². The number of methoxy groups -OCH3 is 1. The number of hydrogen-bond acceptors (Lipinski definition) is 5. The number of hydrogen-bond donors (Lipinski definition) is 2. The summed E-state index contributed by atoms with van der Waals surface area (Å²) in [6.45, 7) is 6.96. The molecule has 1 aliphatic rings. The van der Waals surface area contributed by atoms with Crippen LogP contribution in [0.4, 0.5) is 0 Å². The van der Waals surface area contributed by atoms with Crippen molar-refractivity contribution in [2.24, 2.45) is 0 Å². The minimum Gasteiger partial charge on any atom is -0.378 e. The number of carbonyl (C=O) groups excluding carboxylic acids is 1. The van der Waals surface area contributed by atoms with E-state index in [0.29, 0.717) is 19.7 Å². The molecule has 1 saturated heterocycles. The lowest BCUT2D eigenvalue weighted by molar-refractivity contribution is -0.126. The summed E-state index contributed by atoms with van der Waals surface area (Å²) in [5.74, 6) is 0.0131. The molecule has 0 saturated carbocycles. The van der Waals surface area contributed by atoms with E-state index in [2.05, 4.69) is 20.4 Å². The van der Waals surface area contributed by atoms with Crippen LogP contribution in [0.5, 0.6) is 0 Å². The SMILES string of the molecule is COCc1cc(CNC(=O)CN2C[C@@H](C)O[C@@H](C)C2)[nH]n1. The fourth-order valence-electron chi connectivity index (χ4n) is 2.59. The van der Waals surface area contributed by atoms with Gasteiger partial charge in [-0.3, -0.25) is 14.8 Å². The number of rotatable bonds is 6. The highest BCUT2D eigenvalue weighted by Crippen LogP contribution is 2.09. The summed E-state index contributed by atoms with van der Waals surface area (Å²) in [5, 5.41) is 9.87. The Hall–Kier alpha value is -1.44. The van der Waals surface area contributed by atoms with Crippen LogP contribution in [0.2, 0.25) is 0 Å². The van der Waals surface area contributed by atoms with Crippen molar-refractivity contribution in [3.8, 4) is 0 Å². The van der Waals surface area contributed by atoms with Gasteiger partial charge in [-0.1, -0.05) is 0 Å². The molecule has 1 aliphatic heterocycles. The number of aromatic amines is 1. The molecule has 1 fully saturated rings. The molecule has 0 aliphatic carbocycles. The second kappa shape index (κ2) is 7.53. The fourth-order valence-corrected chi connectivity index (χ4v) is 2.59. The van der Waals surface area contributed by atoms with Crippen LogP contribution in [-0.4, -0.2) is 60.0 Å². The van der Waals surface area contributed by atoms with Gasteiger partial charge in [0, 0.05) is 20.2 Å². The van der Waals surface area contributed by atoms with Crippen LogP contribution >= 0.6 is 0 Å². The lowest BCUT2D eigenvalue weighted by atomic mass is 10.2. The van der Waals surface area contributed by atoms with Gasteiger partial charge < -0.3 is 14.8 Å². The lowest BCUT2D eigenvalue weighted by Crippen LogP contribution is -2.49. The van der Waals surface area contributed by atoms with Gasteiger partial charge in [-0.05, 0) is 19.9 Å². The van der Waals surface area contributed by atoms with Crippen LogP contribution in [0, 0.1) is 0 Å². The Morgan fingerprint density at radius 2 is 2.24 bits per heavy atom. The quantitative estimate of drug-likeness (QED) is 0.788. The molecule has 0 radical (unpaired) electrons. The number of nitrogens with zero attached hydrogens (tertiary/aromatic N) is 2. The Morgan fingerprint density at radius 3 is 2.90 bits per heavy atom. The third kappa shape index (κ3) is 5.11. The van der Waals surface area contributed by atoms with E-state index >= 15 is 0 Å². The average molecular weight is 296 g/mol. The van der Waals surface area contributed by atoms with Crippen molar-refractivity contribution < 1.29 is 14.3 Å². The molecule has 0 unspecified atom stereocenters. The molecule has 2 N–H and O–H groups in total. The zero-order valence-electron chi connectivity index (χ0n) is 12.9. The first-order valence-electron chi connectivity index (χ1n) is 7.23. The summed E-state index contributed by atoms with van der Waals surface area (Å²) in [7, 11) is 1.63. The molecule has 1 aromatic heterocycles. The minimum atomic E-state index is 0.0131. The first-order valence-corrected chi connectivity index (χ1v) is 7.23. The Balaban J connectivity index is 1.73. The summed E-state index contributed by atoms with van der Waals surface area (Å²) >= 11 is 0. The number of aromatic nitrogens is 2. The first kappa shape index (κ1) is 15.9. The van der Waals surface area contributed by atoms with E-state index in [-0.39, 0.29) is 18.1 Å². The second-order valence-electron chi connectivity index (χ2n) is 5.55. The molecule has 1 amide bonds. The molecular weight excluding hydrogens is 272 g/mol. The Morgan fingerprint density at radius 1 is 1.52 bits per heavy atom.